The molecule has 1 N–H and O–H groups in total. The van der Waals surface area contributed by atoms with Gasteiger partial charge in [-0.1, -0.05) is 42.5 Å². The Morgan fingerprint density at radius 3 is 2.33 bits per heavy atom. The molecule has 0 saturated carbocycles. The number of hydrogen-bond donors (Lipinski definition) is 1. The van der Waals surface area contributed by atoms with Crippen LogP contribution in [0.15, 0.2) is 72.8 Å². The van der Waals surface area contributed by atoms with Gasteiger partial charge in [-0.25, -0.2) is 4.79 Å². The number of ether oxygens (including phenoxy) is 2. The van der Waals surface area contributed by atoms with Gasteiger partial charge in [0.05, 0.1) is 5.56 Å². The van der Waals surface area contributed by atoms with Crippen molar-refractivity contribution in [2.75, 3.05) is 0 Å². The Kier molecular flexibility index (Phi) is 5.66. The lowest BCUT2D eigenvalue weighted by atomic mass is 10.0. The van der Waals surface area contributed by atoms with E-state index in [0.29, 0.717) is 23.5 Å². The van der Waals surface area contributed by atoms with Gasteiger partial charge in [-0.15, -0.1) is 0 Å². The molecule has 0 aromatic heterocycles. The molecule has 0 unspecified atom stereocenters. The standard InChI is InChI=1S/C21H16F2O4/c22-21(23)27-19-11-16(9-17(12-19)20(24)25)15-7-4-8-18(10-15)26-13-14-5-2-1-3-6-14/h1-12,21H,13H2,(H,24,25). The van der Waals surface area contributed by atoms with E-state index in [2.05, 4.69) is 4.74 Å². The van der Waals surface area contributed by atoms with Crippen LogP contribution in [0.1, 0.15) is 15.9 Å². The molecule has 0 radical (unpaired) electrons. The number of halogens is 2. The summed E-state index contributed by atoms with van der Waals surface area (Å²) < 4.78 is 35.2. The van der Waals surface area contributed by atoms with E-state index in [9.17, 15) is 18.7 Å². The molecule has 0 saturated heterocycles. The van der Waals surface area contributed by atoms with Crippen molar-refractivity contribution < 1.29 is 28.2 Å². The van der Waals surface area contributed by atoms with E-state index in [1.165, 1.54) is 12.1 Å². The van der Waals surface area contributed by atoms with E-state index in [-0.39, 0.29) is 11.3 Å². The summed E-state index contributed by atoms with van der Waals surface area (Å²) in [5.41, 5.74) is 1.93. The van der Waals surface area contributed by atoms with Crippen molar-refractivity contribution in [1.82, 2.24) is 0 Å². The molecular weight excluding hydrogens is 354 g/mol. The van der Waals surface area contributed by atoms with Gasteiger partial charge in [0.1, 0.15) is 18.1 Å². The fourth-order valence-corrected chi connectivity index (χ4v) is 2.57. The summed E-state index contributed by atoms with van der Waals surface area (Å²) in [5.74, 6) is -0.864. The molecule has 0 atom stereocenters. The number of alkyl halides is 2. The minimum Gasteiger partial charge on any atom is -0.489 e. The zero-order valence-electron chi connectivity index (χ0n) is 14.1. The first-order valence-electron chi connectivity index (χ1n) is 8.11. The molecule has 0 aliphatic rings. The smallest absolute Gasteiger partial charge is 0.387 e. The highest BCUT2D eigenvalue weighted by molar-refractivity contribution is 5.90. The summed E-state index contributed by atoms with van der Waals surface area (Å²) >= 11 is 0. The summed E-state index contributed by atoms with van der Waals surface area (Å²) in [7, 11) is 0. The van der Waals surface area contributed by atoms with Crippen LogP contribution in [-0.2, 0) is 6.61 Å². The molecule has 0 heterocycles. The van der Waals surface area contributed by atoms with Crippen LogP contribution in [0.2, 0.25) is 0 Å². The van der Waals surface area contributed by atoms with Crippen molar-refractivity contribution in [3.8, 4) is 22.6 Å². The monoisotopic (exact) mass is 370 g/mol. The van der Waals surface area contributed by atoms with Gasteiger partial charge in [0.2, 0.25) is 0 Å². The summed E-state index contributed by atoms with van der Waals surface area (Å²) in [6.45, 7) is -2.67. The van der Waals surface area contributed by atoms with Gasteiger partial charge < -0.3 is 14.6 Å². The van der Waals surface area contributed by atoms with Gasteiger partial charge >= 0.3 is 12.6 Å². The molecular formula is C21H16F2O4. The Balaban J connectivity index is 1.87. The summed E-state index contributed by atoms with van der Waals surface area (Å²) in [6.07, 6.45) is 0. The van der Waals surface area contributed by atoms with Crippen LogP contribution in [-0.4, -0.2) is 17.7 Å². The number of rotatable bonds is 7. The largest absolute Gasteiger partial charge is 0.489 e. The maximum absolute atomic E-state index is 12.5. The van der Waals surface area contributed by atoms with Crippen LogP contribution in [0.3, 0.4) is 0 Å². The zero-order valence-corrected chi connectivity index (χ0v) is 14.1. The Hall–Kier alpha value is -3.41. The van der Waals surface area contributed by atoms with Gasteiger partial charge in [0.25, 0.3) is 0 Å². The number of hydrogen-bond acceptors (Lipinski definition) is 3. The van der Waals surface area contributed by atoms with Crippen LogP contribution in [0.25, 0.3) is 11.1 Å². The molecule has 3 aromatic carbocycles. The number of carboxylic acids is 1. The highest BCUT2D eigenvalue weighted by Crippen LogP contribution is 2.29. The van der Waals surface area contributed by atoms with E-state index < -0.39 is 12.6 Å². The summed E-state index contributed by atoms with van der Waals surface area (Å²) in [4.78, 5) is 11.3. The topological polar surface area (TPSA) is 55.8 Å². The number of carboxylic acid groups (broad SMARTS) is 1. The van der Waals surface area contributed by atoms with Crippen LogP contribution in [0.4, 0.5) is 8.78 Å². The molecule has 3 rings (SSSR count). The van der Waals surface area contributed by atoms with Gasteiger partial charge in [-0.3, -0.25) is 0 Å². The lowest BCUT2D eigenvalue weighted by Gasteiger charge is -2.11. The molecule has 3 aromatic rings. The van der Waals surface area contributed by atoms with Crippen LogP contribution < -0.4 is 9.47 Å². The van der Waals surface area contributed by atoms with Crippen molar-refractivity contribution in [2.24, 2.45) is 0 Å². The van der Waals surface area contributed by atoms with Crippen LogP contribution in [0.5, 0.6) is 11.5 Å². The minimum absolute atomic E-state index is 0.140. The average molecular weight is 370 g/mol. The van der Waals surface area contributed by atoms with Crippen molar-refractivity contribution in [3.05, 3.63) is 83.9 Å². The molecule has 138 valence electrons. The predicted octanol–water partition coefficient (Wildman–Crippen LogP) is 5.23. The molecule has 0 aliphatic heterocycles. The molecule has 6 heteroatoms. The maximum atomic E-state index is 12.5. The molecule has 0 bridgehead atoms. The highest BCUT2D eigenvalue weighted by Gasteiger charge is 2.12. The molecule has 0 aliphatic carbocycles. The summed E-state index contributed by atoms with van der Waals surface area (Å²) in [6, 6.07) is 20.4. The number of aromatic carboxylic acids is 1. The second-order valence-corrected chi connectivity index (χ2v) is 5.73. The van der Waals surface area contributed by atoms with E-state index in [1.807, 2.05) is 30.3 Å². The Bertz CT molecular complexity index is 926. The van der Waals surface area contributed by atoms with E-state index in [4.69, 9.17) is 4.74 Å². The highest BCUT2D eigenvalue weighted by atomic mass is 19.3. The van der Waals surface area contributed by atoms with Gasteiger partial charge in [0, 0.05) is 0 Å². The molecule has 0 spiro atoms. The normalized spacial score (nSPS) is 10.6. The van der Waals surface area contributed by atoms with Gasteiger partial charge in [-0.2, -0.15) is 8.78 Å². The summed E-state index contributed by atoms with van der Waals surface area (Å²) in [5, 5.41) is 9.21. The maximum Gasteiger partial charge on any atom is 0.387 e. The van der Waals surface area contributed by atoms with Crippen LogP contribution in [0, 0.1) is 0 Å². The Morgan fingerprint density at radius 1 is 0.889 bits per heavy atom. The third kappa shape index (κ3) is 5.04. The minimum atomic E-state index is -3.04. The Labute approximate surface area is 154 Å². The van der Waals surface area contributed by atoms with E-state index >= 15 is 0 Å². The first-order chi connectivity index (χ1) is 13.0. The SMILES string of the molecule is O=C(O)c1cc(OC(F)F)cc(-c2cccc(OCc3ccccc3)c2)c1. The second-order valence-electron chi connectivity index (χ2n) is 5.73. The lowest BCUT2D eigenvalue weighted by molar-refractivity contribution is -0.0498. The zero-order chi connectivity index (χ0) is 19.2. The third-order valence-electron chi connectivity index (χ3n) is 3.79. The number of benzene rings is 3. The van der Waals surface area contributed by atoms with E-state index in [0.717, 1.165) is 11.6 Å². The van der Waals surface area contributed by atoms with Gasteiger partial charge in [-0.05, 0) is 47.0 Å². The average Bonchev–Trinajstić information content (AvgIpc) is 2.66. The molecule has 4 nitrogen and oxygen atoms in total. The fourth-order valence-electron chi connectivity index (χ4n) is 2.57. The van der Waals surface area contributed by atoms with Crippen molar-refractivity contribution >= 4 is 5.97 Å². The van der Waals surface area contributed by atoms with Crippen molar-refractivity contribution in [2.45, 2.75) is 13.2 Å². The fraction of sp³-hybridized carbons (Fsp3) is 0.0952. The quantitative estimate of drug-likeness (QED) is 0.619. The first kappa shape index (κ1) is 18.4. The number of carbonyl (C=O) groups is 1. The third-order valence-corrected chi connectivity index (χ3v) is 3.79. The van der Waals surface area contributed by atoms with E-state index in [1.54, 1.807) is 24.3 Å². The lowest BCUT2D eigenvalue weighted by Crippen LogP contribution is -2.04. The van der Waals surface area contributed by atoms with Crippen molar-refractivity contribution in [3.63, 3.8) is 0 Å². The Morgan fingerprint density at radius 2 is 1.63 bits per heavy atom. The predicted molar refractivity (Wildman–Crippen MR) is 96.2 cm³/mol. The van der Waals surface area contributed by atoms with Gasteiger partial charge in [0.15, 0.2) is 0 Å². The van der Waals surface area contributed by atoms with Crippen molar-refractivity contribution in [1.29, 1.82) is 0 Å². The molecule has 27 heavy (non-hydrogen) atoms. The molecule has 0 amide bonds. The first-order valence-corrected chi connectivity index (χ1v) is 8.11. The second kappa shape index (κ2) is 8.31. The molecule has 0 fully saturated rings. The van der Waals surface area contributed by atoms with Crippen LogP contribution >= 0.6 is 0 Å².